The summed E-state index contributed by atoms with van der Waals surface area (Å²) in [5.74, 6) is 0. The van der Waals surface area contributed by atoms with E-state index in [1.807, 2.05) is 38.2 Å². The smallest absolute Gasteiger partial charge is 0.0109 e. The Morgan fingerprint density at radius 2 is 1.19 bits per heavy atom. The van der Waals surface area contributed by atoms with E-state index in [1.165, 1.54) is 11.1 Å². The largest absolute Gasteiger partial charge is 0.0984 e. The summed E-state index contributed by atoms with van der Waals surface area (Å²) < 4.78 is 0. The second-order valence-electron chi connectivity index (χ2n) is 3.48. The van der Waals surface area contributed by atoms with Crippen LogP contribution in [-0.4, -0.2) is 0 Å². The molecule has 0 aliphatic heterocycles. The van der Waals surface area contributed by atoms with Crippen molar-refractivity contribution in [2.45, 2.75) is 13.8 Å². The highest BCUT2D eigenvalue weighted by molar-refractivity contribution is 5.79. The van der Waals surface area contributed by atoms with Crippen molar-refractivity contribution in [3.63, 3.8) is 0 Å². The molecule has 0 unspecified atom stereocenters. The SMILES string of the molecule is C=Cc1ccc(C=C)c(/C=C\C)c1/C=C\C. The summed E-state index contributed by atoms with van der Waals surface area (Å²) >= 11 is 0. The van der Waals surface area contributed by atoms with Crippen LogP contribution in [0.2, 0.25) is 0 Å². The average Bonchev–Trinajstić information content (AvgIpc) is 2.31. The van der Waals surface area contributed by atoms with E-state index in [-0.39, 0.29) is 0 Å². The molecule has 0 aliphatic carbocycles. The first kappa shape index (κ1) is 12.3. The molecule has 0 saturated heterocycles. The maximum absolute atomic E-state index is 3.85. The second-order valence-corrected chi connectivity index (χ2v) is 3.48. The van der Waals surface area contributed by atoms with E-state index in [2.05, 4.69) is 37.4 Å². The zero-order valence-electron chi connectivity index (χ0n) is 10.0. The monoisotopic (exact) mass is 210 g/mol. The standard InChI is InChI=1S/C16H18/c1-5-9-15-13(7-3)11-12-14(8-4)16(15)10-6-2/h5-12H,3-4H2,1-2H3/b9-5-,10-6-. The number of hydrogen-bond donors (Lipinski definition) is 0. The van der Waals surface area contributed by atoms with E-state index in [4.69, 9.17) is 0 Å². The van der Waals surface area contributed by atoms with Gasteiger partial charge in [-0.1, -0.05) is 61.7 Å². The lowest BCUT2D eigenvalue weighted by atomic mass is 9.95. The molecule has 0 aromatic heterocycles. The minimum Gasteiger partial charge on any atom is -0.0984 e. The second kappa shape index (κ2) is 5.92. The van der Waals surface area contributed by atoms with Gasteiger partial charge in [0.25, 0.3) is 0 Å². The summed E-state index contributed by atoms with van der Waals surface area (Å²) in [6.45, 7) is 11.7. The lowest BCUT2D eigenvalue weighted by Gasteiger charge is -2.10. The van der Waals surface area contributed by atoms with Gasteiger partial charge in [-0.15, -0.1) is 0 Å². The topological polar surface area (TPSA) is 0 Å². The highest BCUT2D eigenvalue weighted by atomic mass is 14.1. The number of allylic oxidation sites excluding steroid dienone is 2. The van der Waals surface area contributed by atoms with Gasteiger partial charge in [0, 0.05) is 0 Å². The molecule has 0 N–H and O–H groups in total. The molecule has 0 bridgehead atoms. The van der Waals surface area contributed by atoms with E-state index < -0.39 is 0 Å². The third-order valence-electron chi connectivity index (χ3n) is 2.46. The summed E-state index contributed by atoms with van der Waals surface area (Å²) in [6, 6.07) is 4.15. The molecule has 0 saturated carbocycles. The fourth-order valence-electron chi connectivity index (χ4n) is 1.73. The Balaban J connectivity index is 3.58. The van der Waals surface area contributed by atoms with Crippen molar-refractivity contribution in [3.8, 4) is 0 Å². The van der Waals surface area contributed by atoms with Crippen molar-refractivity contribution in [3.05, 3.63) is 59.7 Å². The predicted octanol–water partition coefficient (Wildman–Crippen LogP) is 5.04. The number of hydrogen-bond acceptors (Lipinski definition) is 0. The molecule has 16 heavy (non-hydrogen) atoms. The van der Waals surface area contributed by atoms with Crippen LogP contribution in [0.5, 0.6) is 0 Å². The molecular formula is C16H18. The lowest BCUT2D eigenvalue weighted by molar-refractivity contribution is 1.53. The van der Waals surface area contributed by atoms with Gasteiger partial charge in [-0.3, -0.25) is 0 Å². The van der Waals surface area contributed by atoms with E-state index >= 15 is 0 Å². The minimum atomic E-state index is 1.15. The van der Waals surface area contributed by atoms with Crippen molar-refractivity contribution >= 4 is 24.3 Å². The number of rotatable bonds is 4. The van der Waals surface area contributed by atoms with Crippen molar-refractivity contribution in [2.24, 2.45) is 0 Å². The van der Waals surface area contributed by atoms with Crippen LogP contribution in [0.1, 0.15) is 36.1 Å². The van der Waals surface area contributed by atoms with E-state index in [0.29, 0.717) is 0 Å². The highest BCUT2D eigenvalue weighted by Gasteiger charge is 2.04. The molecule has 0 spiro atoms. The summed E-state index contributed by atoms with van der Waals surface area (Å²) in [5, 5.41) is 0. The first-order chi connectivity index (χ1) is 7.78. The summed E-state index contributed by atoms with van der Waals surface area (Å²) in [5.41, 5.74) is 4.70. The normalized spacial score (nSPS) is 11.1. The van der Waals surface area contributed by atoms with Crippen LogP contribution < -0.4 is 0 Å². The molecule has 0 fully saturated rings. The van der Waals surface area contributed by atoms with Crippen molar-refractivity contribution in [1.82, 2.24) is 0 Å². The fourth-order valence-corrected chi connectivity index (χ4v) is 1.73. The zero-order chi connectivity index (χ0) is 12.0. The van der Waals surface area contributed by atoms with Gasteiger partial charge in [-0.25, -0.2) is 0 Å². The maximum Gasteiger partial charge on any atom is -0.0109 e. The summed E-state index contributed by atoms with van der Waals surface area (Å²) in [7, 11) is 0. The van der Waals surface area contributed by atoms with Crippen LogP contribution >= 0.6 is 0 Å². The van der Waals surface area contributed by atoms with Gasteiger partial charge in [-0.2, -0.15) is 0 Å². The quantitative estimate of drug-likeness (QED) is 0.653. The van der Waals surface area contributed by atoms with Gasteiger partial charge in [0.2, 0.25) is 0 Å². The minimum absolute atomic E-state index is 1.15. The van der Waals surface area contributed by atoms with Crippen LogP contribution in [0.3, 0.4) is 0 Å². The lowest BCUT2D eigenvalue weighted by Crippen LogP contribution is -1.90. The van der Waals surface area contributed by atoms with Gasteiger partial charge in [0.05, 0.1) is 0 Å². The molecule has 0 heteroatoms. The van der Waals surface area contributed by atoms with Gasteiger partial charge in [0.1, 0.15) is 0 Å². The maximum atomic E-state index is 3.85. The van der Waals surface area contributed by atoms with E-state index in [9.17, 15) is 0 Å². The molecule has 1 rings (SSSR count). The predicted molar refractivity (Wildman–Crippen MR) is 76.0 cm³/mol. The molecule has 0 amide bonds. The van der Waals surface area contributed by atoms with Gasteiger partial charge >= 0.3 is 0 Å². The average molecular weight is 210 g/mol. The zero-order valence-corrected chi connectivity index (χ0v) is 10.0. The van der Waals surface area contributed by atoms with Crippen LogP contribution in [0.4, 0.5) is 0 Å². The molecule has 82 valence electrons. The van der Waals surface area contributed by atoms with Crippen LogP contribution in [0.25, 0.3) is 24.3 Å². The Morgan fingerprint density at radius 3 is 1.44 bits per heavy atom. The van der Waals surface area contributed by atoms with Crippen LogP contribution in [0, 0.1) is 0 Å². The van der Waals surface area contributed by atoms with Crippen LogP contribution in [0.15, 0.2) is 37.4 Å². The van der Waals surface area contributed by atoms with Crippen molar-refractivity contribution in [2.75, 3.05) is 0 Å². The Hall–Kier alpha value is -1.82. The third kappa shape index (κ3) is 2.40. The first-order valence-electron chi connectivity index (χ1n) is 5.45. The van der Waals surface area contributed by atoms with Crippen molar-refractivity contribution in [1.29, 1.82) is 0 Å². The summed E-state index contributed by atoms with van der Waals surface area (Å²) in [6.07, 6.45) is 12.1. The molecular weight excluding hydrogens is 192 g/mol. The van der Waals surface area contributed by atoms with Crippen molar-refractivity contribution < 1.29 is 0 Å². The van der Waals surface area contributed by atoms with E-state index in [1.54, 1.807) is 0 Å². The molecule has 0 heterocycles. The van der Waals surface area contributed by atoms with Gasteiger partial charge in [-0.05, 0) is 36.1 Å². The fraction of sp³-hybridized carbons (Fsp3) is 0.125. The van der Waals surface area contributed by atoms with Gasteiger partial charge in [0.15, 0.2) is 0 Å². The van der Waals surface area contributed by atoms with Gasteiger partial charge < -0.3 is 0 Å². The molecule has 0 nitrogen and oxygen atoms in total. The molecule has 1 aromatic carbocycles. The Kier molecular flexibility index (Phi) is 4.53. The number of benzene rings is 1. The molecule has 0 atom stereocenters. The van der Waals surface area contributed by atoms with Crippen LogP contribution in [-0.2, 0) is 0 Å². The highest BCUT2D eigenvalue weighted by Crippen LogP contribution is 2.24. The first-order valence-corrected chi connectivity index (χ1v) is 5.45. The third-order valence-corrected chi connectivity index (χ3v) is 2.46. The molecule has 1 aromatic rings. The Morgan fingerprint density at radius 1 is 0.812 bits per heavy atom. The summed E-state index contributed by atoms with van der Waals surface area (Å²) in [4.78, 5) is 0. The van der Waals surface area contributed by atoms with E-state index in [0.717, 1.165) is 11.1 Å². The Bertz CT molecular complexity index is 402. The molecule has 0 aliphatic rings. The Labute approximate surface area is 98.3 Å². The molecule has 0 radical (unpaired) electrons.